The molecule has 61 heavy (non-hydrogen) atoms. The van der Waals surface area contributed by atoms with Crippen molar-refractivity contribution in [2.24, 2.45) is 11.8 Å². The summed E-state index contributed by atoms with van der Waals surface area (Å²) in [5.41, 5.74) is 8.68. The Labute approximate surface area is 375 Å². The average Bonchev–Trinajstić information content (AvgIpc) is 3.88. The molecule has 3 saturated heterocycles. The van der Waals surface area contributed by atoms with Gasteiger partial charge in [0.05, 0.1) is 0 Å². The minimum absolute atomic E-state index is 0.218. The zero-order valence-electron chi connectivity index (χ0n) is 38.4. The highest BCUT2D eigenvalue weighted by Gasteiger charge is 2.47. The van der Waals surface area contributed by atoms with Crippen LogP contribution in [0.4, 0.5) is 0 Å². The molecule has 0 aromatic heterocycles. The molecule has 3 heterocycles. The van der Waals surface area contributed by atoms with Gasteiger partial charge in [0, 0.05) is 51.6 Å². The van der Waals surface area contributed by atoms with E-state index in [-0.39, 0.29) is 15.8 Å². The second-order valence-electron chi connectivity index (χ2n) is 18.3. The first-order chi connectivity index (χ1) is 29.6. The van der Waals surface area contributed by atoms with E-state index < -0.39 is 16.1 Å². The van der Waals surface area contributed by atoms with Crippen molar-refractivity contribution >= 4 is 53.2 Å². The van der Waals surface area contributed by atoms with Gasteiger partial charge in [-0.3, -0.25) is 4.44 Å². The highest BCUT2D eigenvalue weighted by molar-refractivity contribution is 7.79. The van der Waals surface area contributed by atoms with Gasteiger partial charge in [0.15, 0.2) is 0 Å². The van der Waals surface area contributed by atoms with Crippen molar-refractivity contribution < 1.29 is 0 Å². The van der Waals surface area contributed by atoms with Crippen molar-refractivity contribution in [2.75, 3.05) is 20.6 Å². The standard InChI is InChI=1S/C54H71N3P4/c1-10-11-36-57(61-51(47-23-15-12-16-24-47)34-35-52(61)48-25-17-13-18-26-48)60(49-27-19-14-20-28-49)50-29-21-22-45(37-50)30-31-46-32-33-53(58-41(4)39(2)40(3)42(58)5)54(38-46)59-43(6)55(8)56(9)44(59)7/h12-29,32-33,37-44,51-52H,10-11,30-31,34-36H2,1-9H3/t39?,40?,41-,42-,43-,44-,51-,52-,58?,60?/m0/s1. The summed E-state index contributed by atoms with van der Waals surface area (Å²) in [6.45, 7) is 18.7. The normalized spacial score (nSPS) is 28.3. The topological polar surface area (TPSA) is 9.72 Å². The lowest BCUT2D eigenvalue weighted by Crippen LogP contribution is -2.35. The summed E-state index contributed by atoms with van der Waals surface area (Å²) in [7, 11) is 2.76. The smallest absolute Gasteiger partial charge is 0.0468 e. The van der Waals surface area contributed by atoms with Gasteiger partial charge in [-0.2, -0.15) is 0 Å². The maximum Gasteiger partial charge on any atom is 0.0468 e. The molecular formula is C54H71N3P4. The molecule has 3 unspecified atom stereocenters. The second kappa shape index (κ2) is 20.3. The summed E-state index contributed by atoms with van der Waals surface area (Å²) >= 11 is 0. The molecule has 5 aromatic rings. The number of unbranched alkanes of at least 4 members (excludes halogenated alkanes) is 1. The van der Waals surface area contributed by atoms with Crippen molar-refractivity contribution in [3.63, 3.8) is 0 Å². The molecule has 0 saturated carbocycles. The van der Waals surface area contributed by atoms with Gasteiger partial charge in [0.2, 0.25) is 0 Å². The Morgan fingerprint density at radius 2 is 1.07 bits per heavy atom. The molecule has 5 aromatic carbocycles. The van der Waals surface area contributed by atoms with Crippen LogP contribution < -0.4 is 21.2 Å². The van der Waals surface area contributed by atoms with Crippen LogP contribution in [0.25, 0.3) is 0 Å². The van der Waals surface area contributed by atoms with Gasteiger partial charge >= 0.3 is 0 Å². The van der Waals surface area contributed by atoms with Crippen LogP contribution in [0.1, 0.15) is 108 Å². The van der Waals surface area contributed by atoms with Crippen LogP contribution in [0.3, 0.4) is 0 Å². The van der Waals surface area contributed by atoms with Gasteiger partial charge in [0.25, 0.3) is 0 Å². The third kappa shape index (κ3) is 9.31. The monoisotopic (exact) mass is 885 g/mol. The van der Waals surface area contributed by atoms with Crippen molar-refractivity contribution in [1.82, 2.24) is 14.5 Å². The number of aryl methyl sites for hydroxylation is 2. The molecule has 322 valence electrons. The van der Waals surface area contributed by atoms with Crippen molar-refractivity contribution in [2.45, 2.75) is 121 Å². The lowest BCUT2D eigenvalue weighted by atomic mass is 9.92. The molecule has 3 aliphatic rings. The molecule has 8 rings (SSSR count). The number of benzene rings is 5. The van der Waals surface area contributed by atoms with E-state index in [0.29, 0.717) is 22.9 Å². The summed E-state index contributed by atoms with van der Waals surface area (Å²) < 4.78 is 3.09. The predicted molar refractivity (Wildman–Crippen MR) is 274 cm³/mol. The fraction of sp³-hybridized carbons (Fsp3) is 0.444. The Kier molecular flexibility index (Phi) is 15.0. The minimum Gasteiger partial charge on any atom is -0.251 e. The predicted octanol–water partition coefficient (Wildman–Crippen LogP) is 13.4. The molecule has 0 radical (unpaired) electrons. The van der Waals surface area contributed by atoms with Gasteiger partial charge in [-0.25, -0.2) is 10.0 Å². The Morgan fingerprint density at radius 1 is 0.557 bits per heavy atom. The fourth-order valence-corrected chi connectivity index (χ4v) is 25.9. The van der Waals surface area contributed by atoms with E-state index in [1.165, 1.54) is 58.5 Å². The van der Waals surface area contributed by atoms with Crippen LogP contribution in [0, 0.1) is 11.8 Å². The van der Waals surface area contributed by atoms with Crippen molar-refractivity contribution in [3.05, 3.63) is 156 Å². The van der Waals surface area contributed by atoms with E-state index in [0.717, 1.165) is 42.5 Å². The van der Waals surface area contributed by atoms with E-state index in [1.54, 1.807) is 10.6 Å². The SMILES string of the molecule is CCCCN(P(c1ccccc1)c1cccc(CCc2ccc(P3[C@@H](C)C(C)C(C)[C@@H]3C)c(P3[C@@H](C)N(C)N(C)[C@@H]3C)c2)c1)P1[C@H](c2ccccc2)CC[C@H]1c1ccccc1. The van der Waals surface area contributed by atoms with E-state index in [9.17, 15) is 0 Å². The zero-order chi connectivity index (χ0) is 42.8. The Balaban J connectivity index is 1.15. The molecule has 3 aliphatic heterocycles. The molecule has 3 nitrogen and oxygen atoms in total. The molecular weight excluding hydrogens is 815 g/mol. The van der Waals surface area contributed by atoms with E-state index in [4.69, 9.17) is 0 Å². The number of nitrogens with zero attached hydrogens (tertiary/aromatic N) is 3. The Bertz CT molecular complexity index is 2090. The highest BCUT2D eigenvalue weighted by atomic mass is 31.2. The quantitative estimate of drug-likeness (QED) is 0.103. The van der Waals surface area contributed by atoms with Gasteiger partial charge < -0.3 is 0 Å². The Hall–Kier alpha value is -2.30. The van der Waals surface area contributed by atoms with Gasteiger partial charge in [-0.1, -0.05) is 176 Å². The molecule has 7 heteroatoms. The van der Waals surface area contributed by atoms with Crippen LogP contribution >= 0.6 is 32.0 Å². The Morgan fingerprint density at radius 3 is 1.61 bits per heavy atom. The van der Waals surface area contributed by atoms with Gasteiger partial charge in [-0.05, 0) is 135 Å². The third-order valence-electron chi connectivity index (χ3n) is 15.0. The van der Waals surface area contributed by atoms with Crippen LogP contribution in [0.2, 0.25) is 0 Å². The molecule has 0 N–H and O–H groups in total. The lowest BCUT2D eigenvalue weighted by Gasteiger charge is -2.42. The van der Waals surface area contributed by atoms with E-state index >= 15 is 0 Å². The van der Waals surface area contributed by atoms with Crippen LogP contribution in [-0.4, -0.2) is 58.0 Å². The fourth-order valence-electron chi connectivity index (χ4n) is 10.8. The third-order valence-corrected chi connectivity index (χ3v) is 28.5. The van der Waals surface area contributed by atoms with Crippen LogP contribution in [-0.2, 0) is 12.8 Å². The first-order valence-corrected chi connectivity index (χ1v) is 29.0. The maximum atomic E-state index is 3.09. The first kappa shape index (κ1) is 45.3. The van der Waals surface area contributed by atoms with Crippen molar-refractivity contribution in [3.8, 4) is 0 Å². The van der Waals surface area contributed by atoms with E-state index in [1.807, 2.05) is 0 Å². The second-order valence-corrected chi connectivity index (χ2v) is 29.0. The number of rotatable bonds is 14. The van der Waals surface area contributed by atoms with Crippen LogP contribution in [0.15, 0.2) is 133 Å². The van der Waals surface area contributed by atoms with Gasteiger partial charge in [0.1, 0.15) is 0 Å². The number of hydrogen-bond acceptors (Lipinski definition) is 3. The molecule has 9 atom stereocenters. The first-order valence-electron chi connectivity index (χ1n) is 23.3. The maximum absolute atomic E-state index is 3.09. The van der Waals surface area contributed by atoms with Crippen LogP contribution in [0.5, 0.6) is 0 Å². The molecule has 0 aliphatic carbocycles. The summed E-state index contributed by atoms with van der Waals surface area (Å²) in [6.07, 6.45) is 7.06. The lowest BCUT2D eigenvalue weighted by molar-refractivity contribution is 0.0357. The van der Waals surface area contributed by atoms with Gasteiger partial charge in [-0.15, -0.1) is 0 Å². The number of hydrazine groups is 1. The summed E-state index contributed by atoms with van der Waals surface area (Å²) in [5, 5.41) is 11.5. The molecule has 0 bridgehead atoms. The summed E-state index contributed by atoms with van der Waals surface area (Å²) in [4.78, 5) is 0. The molecule has 3 fully saturated rings. The average molecular weight is 886 g/mol. The summed E-state index contributed by atoms with van der Waals surface area (Å²) in [5.74, 6) is 2.63. The largest absolute Gasteiger partial charge is 0.251 e. The zero-order valence-corrected chi connectivity index (χ0v) is 42.0. The number of hydrogen-bond donors (Lipinski definition) is 0. The minimum atomic E-state index is -0.751. The molecule has 0 spiro atoms. The highest BCUT2D eigenvalue weighted by Crippen LogP contribution is 2.76. The summed E-state index contributed by atoms with van der Waals surface area (Å²) in [6, 6.07) is 52.4. The molecule has 0 amide bonds. The van der Waals surface area contributed by atoms with E-state index in [2.05, 4.69) is 210 Å². The van der Waals surface area contributed by atoms with Crippen molar-refractivity contribution in [1.29, 1.82) is 0 Å².